The van der Waals surface area contributed by atoms with Crippen LogP contribution >= 0.6 is 0 Å². The van der Waals surface area contributed by atoms with Crippen LogP contribution in [0.1, 0.15) is 45.7 Å². The van der Waals surface area contributed by atoms with Crippen LogP contribution in [0.25, 0.3) is 0 Å². The van der Waals surface area contributed by atoms with Crippen molar-refractivity contribution in [1.82, 2.24) is 0 Å². The molecule has 0 fully saturated rings. The van der Waals surface area contributed by atoms with Crippen LogP contribution in [0, 0.1) is 12.3 Å². The molecule has 0 saturated carbocycles. The van der Waals surface area contributed by atoms with Crippen molar-refractivity contribution in [2.45, 2.75) is 48.0 Å². The van der Waals surface area contributed by atoms with Crippen LogP contribution in [0.15, 0.2) is 18.2 Å². The van der Waals surface area contributed by atoms with E-state index >= 15 is 0 Å². The van der Waals surface area contributed by atoms with Crippen molar-refractivity contribution < 1.29 is 4.74 Å². The van der Waals surface area contributed by atoms with Gasteiger partial charge >= 0.3 is 0 Å². The fourth-order valence-electron chi connectivity index (χ4n) is 1.57. The monoisotopic (exact) mass is 222 g/mol. The Morgan fingerprint density at radius 3 is 2.06 bits per heavy atom. The summed E-state index contributed by atoms with van der Waals surface area (Å²) in [4.78, 5) is 0. The van der Waals surface area contributed by atoms with E-state index in [1.807, 2.05) is 19.9 Å². The molecule has 0 unspecified atom stereocenters. The molecule has 0 bridgehead atoms. The Hall–Kier alpha value is -0.980. The van der Waals surface area contributed by atoms with E-state index in [0.717, 1.165) is 12.2 Å². The number of aryl methyl sites for hydroxylation is 1. The van der Waals surface area contributed by atoms with Gasteiger partial charge in [-0.05, 0) is 42.0 Å². The molecule has 0 aliphatic rings. The third-order valence-corrected chi connectivity index (χ3v) is 2.27. The first kappa shape index (κ1) is 15.0. The first-order chi connectivity index (χ1) is 7.42. The van der Waals surface area contributed by atoms with Gasteiger partial charge in [0.2, 0.25) is 0 Å². The highest BCUT2D eigenvalue weighted by Crippen LogP contribution is 2.25. The molecule has 0 atom stereocenters. The molecule has 92 valence electrons. The number of hydrogen-bond acceptors (Lipinski definition) is 1. The standard InChI is InChI=1S/C13H20O.C2H6/c1-10-8-12(14-5)7-6-11(10)9-13(2,3)4;1-2/h6-8H,9H2,1-5H3;1-2H3. The first-order valence-electron chi connectivity index (χ1n) is 6.06. The van der Waals surface area contributed by atoms with Crippen LogP contribution in [-0.2, 0) is 6.42 Å². The molecule has 0 heterocycles. The zero-order valence-electron chi connectivity index (χ0n) is 11.8. The number of hydrogen-bond donors (Lipinski definition) is 0. The van der Waals surface area contributed by atoms with E-state index < -0.39 is 0 Å². The van der Waals surface area contributed by atoms with Crippen LogP contribution in [0.3, 0.4) is 0 Å². The Morgan fingerprint density at radius 1 is 1.12 bits per heavy atom. The van der Waals surface area contributed by atoms with Crippen molar-refractivity contribution in [2.75, 3.05) is 7.11 Å². The first-order valence-corrected chi connectivity index (χ1v) is 6.06. The van der Waals surface area contributed by atoms with E-state index in [2.05, 4.69) is 39.8 Å². The molecule has 0 aliphatic heterocycles. The van der Waals surface area contributed by atoms with Crippen LogP contribution in [-0.4, -0.2) is 7.11 Å². The molecular formula is C15H26O. The Balaban J connectivity index is 0.00000106. The van der Waals surface area contributed by atoms with Gasteiger partial charge in [-0.25, -0.2) is 0 Å². The Kier molecular flexibility index (Phi) is 6.17. The highest BCUT2D eigenvalue weighted by molar-refractivity contribution is 5.35. The van der Waals surface area contributed by atoms with Gasteiger partial charge in [0.1, 0.15) is 5.75 Å². The lowest BCUT2D eigenvalue weighted by Crippen LogP contribution is -2.10. The van der Waals surface area contributed by atoms with Gasteiger partial charge in [0, 0.05) is 0 Å². The SMILES string of the molecule is CC.COc1ccc(CC(C)(C)C)c(C)c1. The zero-order chi connectivity index (χ0) is 12.8. The van der Waals surface area contributed by atoms with E-state index in [-0.39, 0.29) is 0 Å². The minimum absolute atomic E-state index is 0.347. The number of rotatable bonds is 2. The lowest BCUT2D eigenvalue weighted by molar-refractivity contribution is 0.405. The number of ether oxygens (including phenoxy) is 1. The Morgan fingerprint density at radius 2 is 1.69 bits per heavy atom. The third-order valence-electron chi connectivity index (χ3n) is 2.27. The van der Waals surface area contributed by atoms with Crippen LogP contribution in [0.4, 0.5) is 0 Å². The van der Waals surface area contributed by atoms with Gasteiger partial charge in [0.25, 0.3) is 0 Å². The van der Waals surface area contributed by atoms with Crippen molar-refractivity contribution in [1.29, 1.82) is 0 Å². The van der Waals surface area contributed by atoms with Crippen molar-refractivity contribution in [3.05, 3.63) is 29.3 Å². The van der Waals surface area contributed by atoms with Crippen LogP contribution in [0.2, 0.25) is 0 Å². The average Bonchev–Trinajstić information content (AvgIpc) is 2.22. The molecule has 1 aromatic carbocycles. The molecule has 0 radical (unpaired) electrons. The molecule has 0 amide bonds. The van der Waals surface area contributed by atoms with Crippen LogP contribution < -0.4 is 4.74 Å². The summed E-state index contributed by atoms with van der Waals surface area (Å²) < 4.78 is 5.18. The van der Waals surface area contributed by atoms with Crippen molar-refractivity contribution in [2.24, 2.45) is 5.41 Å². The quantitative estimate of drug-likeness (QED) is 0.709. The predicted octanol–water partition coefficient (Wildman–Crippen LogP) is 4.62. The fourth-order valence-corrected chi connectivity index (χ4v) is 1.57. The van der Waals surface area contributed by atoms with Crippen molar-refractivity contribution in [3.8, 4) is 5.75 Å². The molecule has 1 heteroatoms. The normalized spacial score (nSPS) is 10.4. The summed E-state index contributed by atoms with van der Waals surface area (Å²) in [6.45, 7) is 12.9. The minimum Gasteiger partial charge on any atom is -0.497 e. The summed E-state index contributed by atoms with van der Waals surface area (Å²) in [5.74, 6) is 0.945. The van der Waals surface area contributed by atoms with E-state index in [0.29, 0.717) is 5.41 Å². The smallest absolute Gasteiger partial charge is 0.119 e. The maximum absolute atomic E-state index is 5.18. The predicted molar refractivity (Wildman–Crippen MR) is 72.2 cm³/mol. The minimum atomic E-state index is 0.347. The van der Waals surface area contributed by atoms with E-state index in [1.54, 1.807) is 7.11 Å². The number of methoxy groups -OCH3 is 1. The molecule has 0 saturated heterocycles. The summed E-state index contributed by atoms with van der Waals surface area (Å²) in [7, 11) is 1.71. The zero-order valence-corrected chi connectivity index (χ0v) is 11.8. The van der Waals surface area contributed by atoms with E-state index in [9.17, 15) is 0 Å². The fraction of sp³-hybridized carbons (Fsp3) is 0.600. The van der Waals surface area contributed by atoms with E-state index in [1.165, 1.54) is 11.1 Å². The average molecular weight is 222 g/mol. The van der Waals surface area contributed by atoms with Gasteiger partial charge in [-0.2, -0.15) is 0 Å². The van der Waals surface area contributed by atoms with Gasteiger partial charge in [-0.1, -0.05) is 40.7 Å². The Bertz CT molecular complexity index is 308. The molecule has 1 aromatic rings. The Labute approximate surface area is 101 Å². The molecule has 0 aromatic heterocycles. The highest BCUT2D eigenvalue weighted by atomic mass is 16.5. The largest absolute Gasteiger partial charge is 0.497 e. The molecule has 0 spiro atoms. The molecular weight excluding hydrogens is 196 g/mol. The highest BCUT2D eigenvalue weighted by Gasteiger charge is 2.12. The second-order valence-electron chi connectivity index (χ2n) is 5.03. The maximum Gasteiger partial charge on any atom is 0.119 e. The summed E-state index contributed by atoms with van der Waals surface area (Å²) in [5.41, 5.74) is 3.08. The van der Waals surface area contributed by atoms with Gasteiger partial charge in [-0.3, -0.25) is 0 Å². The summed E-state index contributed by atoms with van der Waals surface area (Å²) in [6, 6.07) is 6.30. The molecule has 1 rings (SSSR count). The van der Waals surface area contributed by atoms with Gasteiger partial charge < -0.3 is 4.74 Å². The molecule has 1 nitrogen and oxygen atoms in total. The van der Waals surface area contributed by atoms with Gasteiger partial charge in [0.15, 0.2) is 0 Å². The molecule has 0 N–H and O–H groups in total. The molecule has 0 aliphatic carbocycles. The van der Waals surface area contributed by atoms with Gasteiger partial charge in [-0.15, -0.1) is 0 Å². The summed E-state index contributed by atoms with van der Waals surface area (Å²) in [5, 5.41) is 0. The third kappa shape index (κ3) is 5.20. The molecule has 16 heavy (non-hydrogen) atoms. The van der Waals surface area contributed by atoms with Crippen molar-refractivity contribution >= 4 is 0 Å². The lowest BCUT2D eigenvalue weighted by atomic mass is 9.86. The number of benzene rings is 1. The second kappa shape index (κ2) is 6.57. The topological polar surface area (TPSA) is 9.23 Å². The summed E-state index contributed by atoms with van der Waals surface area (Å²) in [6.07, 6.45) is 1.11. The maximum atomic E-state index is 5.18. The van der Waals surface area contributed by atoms with E-state index in [4.69, 9.17) is 4.74 Å². The lowest BCUT2D eigenvalue weighted by Gasteiger charge is -2.19. The van der Waals surface area contributed by atoms with Gasteiger partial charge in [0.05, 0.1) is 7.11 Å². The van der Waals surface area contributed by atoms with Crippen LogP contribution in [0.5, 0.6) is 5.75 Å². The second-order valence-corrected chi connectivity index (χ2v) is 5.03. The summed E-state index contributed by atoms with van der Waals surface area (Å²) >= 11 is 0. The van der Waals surface area contributed by atoms with Crippen molar-refractivity contribution in [3.63, 3.8) is 0 Å².